The monoisotopic (exact) mass is 280 g/mol. The van der Waals surface area contributed by atoms with Crippen LogP contribution in [0.5, 0.6) is 0 Å². The first-order valence-corrected chi connectivity index (χ1v) is 7.78. The lowest BCUT2D eigenvalue weighted by atomic mass is 10.4. The largest absolute Gasteiger partial charge is 0.311 e. The van der Waals surface area contributed by atoms with Crippen molar-refractivity contribution in [1.29, 1.82) is 0 Å². The highest BCUT2D eigenvalue weighted by molar-refractivity contribution is 4.91. The number of rotatable bonds is 9. The van der Waals surface area contributed by atoms with E-state index >= 15 is 0 Å². The van der Waals surface area contributed by atoms with Crippen LogP contribution >= 0.6 is 0 Å². The fraction of sp³-hybridized carbons (Fsp3) is 0.857. The van der Waals surface area contributed by atoms with Gasteiger partial charge in [-0.3, -0.25) is 4.68 Å². The predicted octanol–water partition coefficient (Wildman–Crippen LogP) is 0.415. The van der Waals surface area contributed by atoms with Crippen molar-refractivity contribution in [3.8, 4) is 0 Å². The molecule has 114 valence electrons. The Morgan fingerprint density at radius 3 is 2.75 bits per heavy atom. The molecule has 6 nitrogen and oxygen atoms in total. The molecule has 0 amide bonds. The zero-order valence-corrected chi connectivity index (χ0v) is 12.9. The fourth-order valence-electron chi connectivity index (χ4n) is 2.49. The molecular formula is C14H28N6. The Labute approximate surface area is 122 Å². The van der Waals surface area contributed by atoms with Crippen LogP contribution in [0.25, 0.3) is 0 Å². The number of nitrogens with zero attached hydrogens (tertiary/aromatic N) is 5. The minimum Gasteiger partial charge on any atom is -0.311 e. The molecular weight excluding hydrogens is 252 g/mol. The third kappa shape index (κ3) is 5.19. The lowest BCUT2D eigenvalue weighted by Crippen LogP contribution is -2.33. The van der Waals surface area contributed by atoms with Crippen molar-refractivity contribution in [2.45, 2.75) is 32.9 Å². The molecule has 1 aliphatic rings. The Hall–Kier alpha value is -0.980. The van der Waals surface area contributed by atoms with Crippen LogP contribution in [0.3, 0.4) is 0 Å². The van der Waals surface area contributed by atoms with Gasteiger partial charge in [0.1, 0.15) is 0 Å². The number of nitrogens with one attached hydrogen (secondary N) is 1. The third-order valence-corrected chi connectivity index (χ3v) is 3.85. The maximum atomic E-state index is 4.17. The number of hydrogen-bond donors (Lipinski definition) is 1. The van der Waals surface area contributed by atoms with Gasteiger partial charge in [-0.05, 0) is 39.5 Å². The fourth-order valence-corrected chi connectivity index (χ4v) is 2.49. The Morgan fingerprint density at radius 2 is 2.00 bits per heavy atom. The molecule has 1 aliphatic heterocycles. The minimum atomic E-state index is 0.807. The summed E-state index contributed by atoms with van der Waals surface area (Å²) in [5, 5.41) is 11.6. The first-order valence-electron chi connectivity index (χ1n) is 7.78. The van der Waals surface area contributed by atoms with E-state index in [0.29, 0.717) is 0 Å². The van der Waals surface area contributed by atoms with Crippen LogP contribution in [-0.4, -0.2) is 71.1 Å². The molecule has 2 heterocycles. The highest BCUT2D eigenvalue weighted by Gasteiger charge is 2.11. The van der Waals surface area contributed by atoms with Crippen molar-refractivity contribution in [2.75, 3.05) is 46.3 Å². The van der Waals surface area contributed by atoms with Gasteiger partial charge in [0.15, 0.2) is 0 Å². The lowest BCUT2D eigenvalue weighted by Gasteiger charge is -2.21. The average Bonchev–Trinajstić information content (AvgIpc) is 3.12. The van der Waals surface area contributed by atoms with Crippen LogP contribution < -0.4 is 5.32 Å². The van der Waals surface area contributed by atoms with E-state index in [2.05, 4.69) is 39.4 Å². The van der Waals surface area contributed by atoms with Crippen LogP contribution in [0.4, 0.5) is 0 Å². The predicted molar refractivity (Wildman–Crippen MR) is 80.6 cm³/mol. The molecule has 0 bridgehead atoms. The van der Waals surface area contributed by atoms with Crippen molar-refractivity contribution in [3.05, 3.63) is 11.9 Å². The summed E-state index contributed by atoms with van der Waals surface area (Å²) in [5.41, 5.74) is 1.02. The van der Waals surface area contributed by atoms with Gasteiger partial charge in [-0.15, -0.1) is 5.10 Å². The molecule has 0 radical (unpaired) electrons. The topological polar surface area (TPSA) is 49.2 Å². The summed E-state index contributed by atoms with van der Waals surface area (Å²) < 4.78 is 1.94. The van der Waals surface area contributed by atoms with E-state index in [9.17, 15) is 0 Å². The van der Waals surface area contributed by atoms with Crippen LogP contribution in [0.1, 0.15) is 25.5 Å². The molecule has 0 spiro atoms. The van der Waals surface area contributed by atoms with Gasteiger partial charge in [0, 0.05) is 32.4 Å². The summed E-state index contributed by atoms with van der Waals surface area (Å²) in [5.74, 6) is 0. The van der Waals surface area contributed by atoms with E-state index in [1.807, 2.05) is 10.9 Å². The van der Waals surface area contributed by atoms with Gasteiger partial charge < -0.3 is 15.1 Å². The molecule has 20 heavy (non-hydrogen) atoms. The quantitative estimate of drug-likeness (QED) is 0.710. The number of hydrogen-bond acceptors (Lipinski definition) is 5. The second-order valence-electron chi connectivity index (χ2n) is 5.61. The smallest absolute Gasteiger partial charge is 0.0964 e. The zero-order valence-electron chi connectivity index (χ0n) is 12.9. The summed E-state index contributed by atoms with van der Waals surface area (Å²) in [6.07, 6.45) is 4.78. The van der Waals surface area contributed by atoms with Crippen molar-refractivity contribution < 1.29 is 0 Å². The van der Waals surface area contributed by atoms with Gasteiger partial charge >= 0.3 is 0 Å². The number of likely N-dealkylation sites (tertiary alicyclic amines) is 1. The van der Waals surface area contributed by atoms with E-state index < -0.39 is 0 Å². The zero-order chi connectivity index (χ0) is 14.2. The van der Waals surface area contributed by atoms with Gasteiger partial charge in [0.25, 0.3) is 0 Å². The molecule has 1 saturated heterocycles. The first-order chi connectivity index (χ1) is 9.78. The summed E-state index contributed by atoms with van der Waals surface area (Å²) in [7, 11) is 2.19. The van der Waals surface area contributed by atoms with E-state index in [1.165, 1.54) is 32.5 Å². The van der Waals surface area contributed by atoms with E-state index in [0.717, 1.165) is 38.4 Å². The second-order valence-corrected chi connectivity index (χ2v) is 5.61. The maximum Gasteiger partial charge on any atom is 0.0964 e. The molecule has 6 heteroatoms. The van der Waals surface area contributed by atoms with Crippen LogP contribution in [0.2, 0.25) is 0 Å². The summed E-state index contributed by atoms with van der Waals surface area (Å²) in [6, 6.07) is 0. The summed E-state index contributed by atoms with van der Waals surface area (Å²) >= 11 is 0. The van der Waals surface area contributed by atoms with Gasteiger partial charge in [0.05, 0.1) is 12.2 Å². The Bertz CT molecular complexity index is 371. The number of likely N-dealkylation sites (N-methyl/N-ethyl adjacent to an activating group) is 1. The van der Waals surface area contributed by atoms with Crippen molar-refractivity contribution in [3.63, 3.8) is 0 Å². The van der Waals surface area contributed by atoms with Crippen LogP contribution in [0, 0.1) is 0 Å². The molecule has 0 aromatic carbocycles. The van der Waals surface area contributed by atoms with E-state index in [1.54, 1.807) is 0 Å². The lowest BCUT2D eigenvalue weighted by molar-refractivity contribution is 0.248. The molecule has 0 atom stereocenters. The molecule has 0 saturated carbocycles. The molecule has 0 unspecified atom stereocenters. The van der Waals surface area contributed by atoms with E-state index in [-0.39, 0.29) is 0 Å². The van der Waals surface area contributed by atoms with Crippen LogP contribution in [0.15, 0.2) is 6.20 Å². The molecule has 2 rings (SSSR count). The van der Waals surface area contributed by atoms with Crippen molar-refractivity contribution in [1.82, 2.24) is 30.1 Å². The van der Waals surface area contributed by atoms with Crippen LogP contribution in [-0.2, 0) is 13.1 Å². The van der Waals surface area contributed by atoms with Gasteiger partial charge in [-0.1, -0.05) is 12.1 Å². The maximum absolute atomic E-state index is 4.17. The number of aromatic nitrogens is 3. The summed E-state index contributed by atoms with van der Waals surface area (Å²) in [6.45, 7) is 10.7. The standard InChI is InChI=1S/C14H28N6/c1-3-15-12-14-13-20(17-16-14)11-9-18(2)8-10-19-6-4-5-7-19/h13,15H,3-12H2,1-2H3. The normalized spacial score (nSPS) is 16.4. The SMILES string of the molecule is CCNCc1cn(CCN(C)CCN2CCCC2)nn1. The van der Waals surface area contributed by atoms with Crippen molar-refractivity contribution >= 4 is 0 Å². The van der Waals surface area contributed by atoms with Gasteiger partial charge in [-0.25, -0.2) is 0 Å². The average molecular weight is 280 g/mol. The third-order valence-electron chi connectivity index (χ3n) is 3.85. The van der Waals surface area contributed by atoms with Gasteiger partial charge in [-0.2, -0.15) is 0 Å². The second kappa shape index (κ2) is 8.34. The highest BCUT2D eigenvalue weighted by atomic mass is 15.4. The Kier molecular flexibility index (Phi) is 6.42. The van der Waals surface area contributed by atoms with Gasteiger partial charge in [0.2, 0.25) is 0 Å². The Balaban J connectivity index is 1.62. The van der Waals surface area contributed by atoms with Crippen molar-refractivity contribution in [2.24, 2.45) is 0 Å². The Morgan fingerprint density at radius 1 is 1.25 bits per heavy atom. The van der Waals surface area contributed by atoms with E-state index in [4.69, 9.17) is 0 Å². The molecule has 1 aromatic rings. The molecule has 1 N–H and O–H groups in total. The first kappa shape index (κ1) is 15.4. The minimum absolute atomic E-state index is 0.807. The molecule has 0 aliphatic carbocycles. The highest BCUT2D eigenvalue weighted by Crippen LogP contribution is 2.06. The summed E-state index contributed by atoms with van der Waals surface area (Å²) in [4.78, 5) is 4.93. The molecule has 1 fully saturated rings. The molecule has 1 aromatic heterocycles.